The molecule has 2 aromatic rings. The summed E-state index contributed by atoms with van der Waals surface area (Å²) in [5, 5.41) is 2.13. The predicted octanol–water partition coefficient (Wildman–Crippen LogP) is 4.89. The van der Waals surface area contributed by atoms with Crippen molar-refractivity contribution in [1.29, 1.82) is 0 Å². The minimum atomic E-state index is -0.325. The van der Waals surface area contributed by atoms with Crippen LogP contribution < -0.4 is 10.2 Å². The molecule has 4 nitrogen and oxygen atoms in total. The molecule has 1 aliphatic carbocycles. The molecule has 0 radical (unpaired) electrons. The Morgan fingerprint density at radius 3 is 2.38 bits per heavy atom. The van der Waals surface area contributed by atoms with Crippen molar-refractivity contribution < 1.29 is 9.31 Å². The van der Waals surface area contributed by atoms with Crippen molar-refractivity contribution in [3.05, 3.63) is 30.0 Å². The van der Waals surface area contributed by atoms with Gasteiger partial charge >= 0.3 is 7.12 Å². The Kier molecular flexibility index (Phi) is 5.38. The van der Waals surface area contributed by atoms with Gasteiger partial charge in [0.05, 0.1) is 11.2 Å². The molecule has 0 amide bonds. The number of nitrogens with zero attached hydrogens (tertiary/aromatic N) is 1. The molecule has 29 heavy (non-hydrogen) atoms. The molecule has 2 fully saturated rings. The van der Waals surface area contributed by atoms with Gasteiger partial charge in [-0.3, -0.25) is 4.72 Å². The maximum Gasteiger partial charge on any atom is 0.494 e. The van der Waals surface area contributed by atoms with E-state index in [1.54, 1.807) is 0 Å². The molecule has 158 valence electrons. The maximum atomic E-state index is 6.30. The summed E-state index contributed by atoms with van der Waals surface area (Å²) in [6.45, 7) is 17.2. The van der Waals surface area contributed by atoms with E-state index in [0.29, 0.717) is 0 Å². The van der Waals surface area contributed by atoms with E-state index in [0.717, 1.165) is 23.8 Å². The molecular formula is C23H35BN2O2S. The number of rotatable bonds is 6. The van der Waals surface area contributed by atoms with Crippen LogP contribution in [0.4, 0.5) is 0 Å². The van der Waals surface area contributed by atoms with Gasteiger partial charge in [-0.2, -0.15) is 0 Å². The number of hydrogen-bond donors (Lipinski definition) is 1. The molecule has 2 heterocycles. The number of hydrogen-bond acceptors (Lipinski definition) is 4. The molecule has 0 spiro atoms. The van der Waals surface area contributed by atoms with Crippen LogP contribution in [-0.4, -0.2) is 28.1 Å². The van der Waals surface area contributed by atoms with Crippen LogP contribution >= 0.6 is 11.9 Å². The summed E-state index contributed by atoms with van der Waals surface area (Å²) >= 11 is 1.89. The lowest BCUT2D eigenvalue weighted by molar-refractivity contribution is 0.00578. The van der Waals surface area contributed by atoms with E-state index in [-0.39, 0.29) is 23.7 Å². The monoisotopic (exact) mass is 414 g/mol. The first-order valence-electron chi connectivity index (χ1n) is 10.8. The van der Waals surface area contributed by atoms with E-state index in [9.17, 15) is 0 Å². The number of nitrogens with one attached hydrogen (secondary N) is 1. The van der Waals surface area contributed by atoms with Crippen molar-refractivity contribution in [2.45, 2.75) is 90.8 Å². The van der Waals surface area contributed by atoms with Gasteiger partial charge in [0.1, 0.15) is 0 Å². The van der Waals surface area contributed by atoms with E-state index in [1.807, 2.05) is 11.9 Å². The Balaban J connectivity index is 1.65. The van der Waals surface area contributed by atoms with E-state index < -0.39 is 0 Å². The van der Waals surface area contributed by atoms with Gasteiger partial charge in [0.25, 0.3) is 0 Å². The van der Waals surface area contributed by atoms with E-state index in [1.165, 1.54) is 29.3 Å². The third-order valence-electron chi connectivity index (χ3n) is 6.20. The normalized spacial score (nSPS) is 21.3. The SMILES string of the molecule is CC(C)(C)Cn1cc(CNSC2CC2)c2ccc(B3OC(C)(C)C(C)(C)O3)cc21. The molecule has 6 heteroatoms. The van der Waals surface area contributed by atoms with Crippen LogP contribution in [0.5, 0.6) is 0 Å². The minimum absolute atomic E-state index is 0.208. The van der Waals surface area contributed by atoms with Crippen molar-refractivity contribution in [2.24, 2.45) is 5.41 Å². The third-order valence-corrected chi connectivity index (χ3v) is 7.31. The molecule has 1 saturated heterocycles. The highest BCUT2D eigenvalue weighted by Gasteiger charge is 2.51. The minimum Gasteiger partial charge on any atom is -0.399 e. The highest BCUT2D eigenvalue weighted by molar-refractivity contribution is 7.98. The van der Waals surface area contributed by atoms with Crippen LogP contribution in [0.3, 0.4) is 0 Å². The summed E-state index contributed by atoms with van der Waals surface area (Å²) < 4.78 is 18.6. The summed E-state index contributed by atoms with van der Waals surface area (Å²) in [7, 11) is -0.325. The van der Waals surface area contributed by atoms with E-state index >= 15 is 0 Å². The fourth-order valence-electron chi connectivity index (χ4n) is 3.72. The molecule has 4 rings (SSSR count). The number of aromatic nitrogens is 1. The lowest BCUT2D eigenvalue weighted by Gasteiger charge is -2.32. The fourth-order valence-corrected chi connectivity index (χ4v) is 4.56. The molecule has 1 aliphatic heterocycles. The van der Waals surface area contributed by atoms with Crippen LogP contribution in [-0.2, 0) is 22.4 Å². The summed E-state index contributed by atoms with van der Waals surface area (Å²) in [5.41, 5.74) is 3.28. The lowest BCUT2D eigenvalue weighted by Crippen LogP contribution is -2.41. The van der Waals surface area contributed by atoms with Crippen molar-refractivity contribution in [3.63, 3.8) is 0 Å². The first-order valence-corrected chi connectivity index (χ1v) is 11.7. The molecule has 1 N–H and O–H groups in total. The Morgan fingerprint density at radius 1 is 1.14 bits per heavy atom. The second-order valence-corrected chi connectivity index (χ2v) is 12.0. The van der Waals surface area contributed by atoms with Gasteiger partial charge in [0.2, 0.25) is 0 Å². The second-order valence-electron chi connectivity index (χ2n) is 10.8. The summed E-state index contributed by atoms with van der Waals surface area (Å²) in [5.74, 6) is 0. The van der Waals surface area contributed by atoms with Gasteiger partial charge in [-0.05, 0) is 63.0 Å². The first kappa shape index (κ1) is 21.3. The summed E-state index contributed by atoms with van der Waals surface area (Å²) in [6.07, 6.45) is 5.02. The quantitative estimate of drug-likeness (QED) is 0.540. The molecule has 2 aliphatic rings. The molecular weight excluding hydrogens is 379 g/mol. The van der Waals surface area contributed by atoms with Gasteiger partial charge < -0.3 is 13.9 Å². The second kappa shape index (κ2) is 7.33. The van der Waals surface area contributed by atoms with Crippen LogP contribution in [0, 0.1) is 5.41 Å². The highest BCUT2D eigenvalue weighted by atomic mass is 32.2. The molecule has 1 saturated carbocycles. The van der Waals surface area contributed by atoms with Gasteiger partial charge in [-0.15, -0.1) is 0 Å². The maximum absolute atomic E-state index is 6.30. The Bertz CT molecular complexity index is 880. The van der Waals surface area contributed by atoms with Crippen molar-refractivity contribution >= 4 is 35.4 Å². The van der Waals surface area contributed by atoms with Gasteiger partial charge in [0, 0.05) is 35.4 Å². The lowest BCUT2D eigenvalue weighted by atomic mass is 9.78. The number of benzene rings is 1. The molecule has 0 bridgehead atoms. The summed E-state index contributed by atoms with van der Waals surface area (Å²) in [4.78, 5) is 0. The molecule has 1 aromatic carbocycles. The van der Waals surface area contributed by atoms with Crippen LogP contribution in [0.1, 0.15) is 66.9 Å². The Morgan fingerprint density at radius 2 is 1.79 bits per heavy atom. The predicted molar refractivity (Wildman–Crippen MR) is 125 cm³/mol. The zero-order valence-corrected chi connectivity index (χ0v) is 19.8. The fraction of sp³-hybridized carbons (Fsp3) is 0.652. The topological polar surface area (TPSA) is 35.4 Å². The molecule has 0 unspecified atom stereocenters. The van der Waals surface area contributed by atoms with Gasteiger partial charge in [-0.25, -0.2) is 0 Å². The average Bonchev–Trinajstić information content (AvgIpc) is 3.31. The van der Waals surface area contributed by atoms with Gasteiger partial charge in [-0.1, -0.05) is 44.9 Å². The molecule has 1 aromatic heterocycles. The van der Waals surface area contributed by atoms with Gasteiger partial charge in [0.15, 0.2) is 0 Å². The van der Waals surface area contributed by atoms with Crippen molar-refractivity contribution in [3.8, 4) is 0 Å². The average molecular weight is 414 g/mol. The zero-order valence-electron chi connectivity index (χ0n) is 19.0. The van der Waals surface area contributed by atoms with Crippen molar-refractivity contribution in [2.75, 3.05) is 0 Å². The van der Waals surface area contributed by atoms with E-state index in [2.05, 4.69) is 82.2 Å². The standard InChI is InChI=1S/C23H35BN2O2S/c1-21(2,3)15-26-14-16(13-25-29-18-9-10-18)19-11-8-17(12-20(19)26)24-27-22(4,5)23(6,7)28-24/h8,11-12,14,18,25H,9-10,13,15H2,1-7H3. The largest absolute Gasteiger partial charge is 0.494 e. The van der Waals surface area contributed by atoms with E-state index in [4.69, 9.17) is 9.31 Å². The first-order chi connectivity index (χ1) is 13.5. The third kappa shape index (κ3) is 4.56. The zero-order chi connectivity index (χ0) is 21.0. The Labute approximate surface area is 180 Å². The van der Waals surface area contributed by atoms with Crippen LogP contribution in [0.2, 0.25) is 0 Å². The van der Waals surface area contributed by atoms with Crippen molar-refractivity contribution in [1.82, 2.24) is 9.29 Å². The smallest absolute Gasteiger partial charge is 0.399 e. The Hall–Kier alpha value is -0.945. The van der Waals surface area contributed by atoms with Crippen LogP contribution in [0.25, 0.3) is 10.9 Å². The molecule has 0 atom stereocenters. The number of fused-ring (bicyclic) bond motifs is 1. The van der Waals surface area contributed by atoms with Crippen LogP contribution in [0.15, 0.2) is 24.4 Å². The highest BCUT2D eigenvalue weighted by Crippen LogP contribution is 2.37. The summed E-state index contributed by atoms with van der Waals surface area (Å²) in [6, 6.07) is 6.68.